The molecule has 0 aliphatic carbocycles. The van der Waals surface area contributed by atoms with Crippen molar-refractivity contribution in [3.05, 3.63) is 63.6 Å². The lowest BCUT2D eigenvalue weighted by Gasteiger charge is -2.24. The molecule has 13 nitrogen and oxygen atoms in total. The molecule has 1 aliphatic rings. The Balaban J connectivity index is 1.53. The van der Waals surface area contributed by atoms with Gasteiger partial charge in [0, 0.05) is 35.8 Å². The molecule has 1 aliphatic heterocycles. The van der Waals surface area contributed by atoms with Crippen LogP contribution < -0.4 is 21.0 Å². The molecule has 15 heteroatoms. The Bertz CT molecular complexity index is 1420. The zero-order chi connectivity index (χ0) is 26.1. The molecule has 1 aromatic carbocycles. The van der Waals surface area contributed by atoms with Crippen molar-refractivity contribution >= 4 is 24.6 Å². The molecule has 3 heterocycles. The predicted molar refractivity (Wildman–Crippen MR) is 123 cm³/mol. The number of fused-ring (bicyclic) bond motifs is 1. The average molecular weight is 526 g/mol. The van der Waals surface area contributed by atoms with Crippen molar-refractivity contribution in [3.8, 4) is 5.75 Å². The van der Waals surface area contributed by atoms with Gasteiger partial charge in [-0.05, 0) is 36.4 Å². The highest BCUT2D eigenvalue weighted by atomic mass is 31.2. The minimum Gasteiger partial charge on any atom is -0.411 e. The molecule has 0 spiro atoms. The molecule has 1 fully saturated rings. The number of rotatable bonds is 9. The molecule has 2 aromatic heterocycles. The molecule has 0 radical (unpaired) electrons. The van der Waals surface area contributed by atoms with Crippen molar-refractivity contribution in [1.82, 2.24) is 19.8 Å². The first kappa shape index (κ1) is 25.8. The summed E-state index contributed by atoms with van der Waals surface area (Å²) in [5.74, 6) is -0.652. The van der Waals surface area contributed by atoms with Crippen LogP contribution in [0.25, 0.3) is 10.9 Å². The molecular weight excluding hydrogens is 502 g/mol. The van der Waals surface area contributed by atoms with Crippen molar-refractivity contribution in [2.75, 3.05) is 6.61 Å². The lowest BCUT2D eigenvalue weighted by atomic mass is 9.98. The number of nitrogens with zero attached hydrogens (tertiary/aromatic N) is 1. The first-order valence-corrected chi connectivity index (χ1v) is 12.4. The molecule has 3 aromatic rings. The van der Waals surface area contributed by atoms with Gasteiger partial charge in [-0.25, -0.2) is 13.8 Å². The van der Waals surface area contributed by atoms with Crippen LogP contribution in [0, 0.1) is 0 Å². The van der Waals surface area contributed by atoms with Gasteiger partial charge in [-0.1, -0.05) is 6.92 Å². The maximum Gasteiger partial charge on any atom is 0.491 e. The number of ether oxygens (including phenoxy) is 1. The summed E-state index contributed by atoms with van der Waals surface area (Å²) in [6.45, 7) is 1.83. The molecule has 4 N–H and O–H groups in total. The number of H-pyrrole nitrogens is 2. The topological polar surface area (TPSA) is 174 Å². The Morgan fingerprint density at radius 1 is 1.33 bits per heavy atom. The number of carbonyl (C=O) groups excluding carboxylic acids is 1. The monoisotopic (exact) mass is 526 g/mol. The standard InChI is InChI=1S/C21H24FN4O9P/c1-3-17(28)34-25-36(31,35-13-4-5-14-12(10-13)6-8-23-14)32-11-15-18(29)21(2,22)19(33-15)26-9-7-16(27)24-20(26)30/h4-10,15,18-19,23,29H,3,11H2,1-2H3,(H,25,31)(H,24,27,30)/t15-,18-,19-,21-,36?/m1/s1. The fourth-order valence-electron chi connectivity index (χ4n) is 3.61. The molecule has 1 saturated heterocycles. The Kier molecular flexibility index (Phi) is 7.16. The minimum atomic E-state index is -4.43. The van der Waals surface area contributed by atoms with Crippen molar-refractivity contribution in [3.63, 3.8) is 0 Å². The Morgan fingerprint density at radius 3 is 2.83 bits per heavy atom. The van der Waals surface area contributed by atoms with Gasteiger partial charge < -0.3 is 24.2 Å². The summed E-state index contributed by atoms with van der Waals surface area (Å²) in [6.07, 6.45) is -2.20. The third-order valence-corrected chi connectivity index (χ3v) is 6.79. The first-order valence-electron chi connectivity index (χ1n) is 10.8. The first-order chi connectivity index (χ1) is 17.0. The summed E-state index contributed by atoms with van der Waals surface area (Å²) in [4.78, 5) is 44.8. The number of aliphatic hydroxyl groups excluding tert-OH is 1. The van der Waals surface area contributed by atoms with E-state index in [0.29, 0.717) is 0 Å². The van der Waals surface area contributed by atoms with Crippen LogP contribution in [0.4, 0.5) is 4.39 Å². The van der Waals surface area contributed by atoms with E-state index in [0.717, 1.165) is 34.7 Å². The number of carbonyl (C=O) groups is 1. The third-order valence-electron chi connectivity index (χ3n) is 5.54. The van der Waals surface area contributed by atoms with E-state index < -0.39 is 55.7 Å². The normalized spacial score (nSPS) is 25.5. The second-order valence-electron chi connectivity index (χ2n) is 8.17. The highest BCUT2D eigenvalue weighted by Gasteiger charge is 2.55. The highest BCUT2D eigenvalue weighted by Crippen LogP contribution is 2.47. The van der Waals surface area contributed by atoms with Crippen LogP contribution in [-0.2, 0) is 23.5 Å². The van der Waals surface area contributed by atoms with Crippen LogP contribution in [-0.4, -0.2) is 50.1 Å². The predicted octanol–water partition coefficient (Wildman–Crippen LogP) is 1.67. The lowest BCUT2D eigenvalue weighted by Crippen LogP contribution is -2.43. The summed E-state index contributed by atoms with van der Waals surface area (Å²) in [7, 11) is -4.43. The largest absolute Gasteiger partial charge is 0.491 e. The van der Waals surface area contributed by atoms with E-state index in [9.17, 15) is 24.1 Å². The maximum atomic E-state index is 15.4. The van der Waals surface area contributed by atoms with Crippen LogP contribution >= 0.6 is 7.75 Å². The number of aliphatic hydroxyl groups is 1. The van der Waals surface area contributed by atoms with E-state index in [-0.39, 0.29) is 12.2 Å². The second kappa shape index (κ2) is 9.99. The molecule has 5 atom stereocenters. The summed E-state index contributed by atoms with van der Waals surface area (Å²) in [5.41, 5.74) is -3.36. The van der Waals surface area contributed by atoms with Gasteiger partial charge in [-0.15, -0.1) is 0 Å². The van der Waals surface area contributed by atoms with Crippen LogP contribution in [0.15, 0.2) is 52.3 Å². The van der Waals surface area contributed by atoms with E-state index in [1.165, 1.54) is 13.0 Å². The number of hydrogen-bond acceptors (Lipinski definition) is 9. The summed E-state index contributed by atoms with van der Waals surface area (Å²) < 4.78 is 45.9. The molecule has 36 heavy (non-hydrogen) atoms. The number of aromatic amines is 2. The number of alkyl halides is 1. The zero-order valence-corrected chi connectivity index (χ0v) is 20.1. The third kappa shape index (κ3) is 5.27. The Labute approximate surface area is 202 Å². The van der Waals surface area contributed by atoms with Crippen LogP contribution in [0.5, 0.6) is 5.75 Å². The van der Waals surface area contributed by atoms with Crippen molar-refractivity contribution < 1.29 is 37.5 Å². The van der Waals surface area contributed by atoms with Crippen molar-refractivity contribution in [2.24, 2.45) is 0 Å². The van der Waals surface area contributed by atoms with Crippen molar-refractivity contribution in [2.45, 2.75) is 44.4 Å². The van der Waals surface area contributed by atoms with E-state index >= 15 is 4.39 Å². The van der Waals surface area contributed by atoms with E-state index in [1.807, 2.05) is 10.2 Å². The molecular formula is C21H24FN4O9P. The lowest BCUT2D eigenvalue weighted by molar-refractivity contribution is -0.147. The minimum absolute atomic E-state index is 0.0391. The molecule has 4 rings (SSSR count). The maximum absolute atomic E-state index is 15.4. The van der Waals surface area contributed by atoms with Crippen LogP contribution in [0.2, 0.25) is 0 Å². The number of nitrogens with one attached hydrogen (secondary N) is 3. The molecule has 194 valence electrons. The average Bonchev–Trinajstić information content (AvgIpc) is 3.38. The van der Waals surface area contributed by atoms with E-state index in [2.05, 4.69) is 4.98 Å². The van der Waals surface area contributed by atoms with Gasteiger partial charge >= 0.3 is 19.4 Å². The fourth-order valence-corrected chi connectivity index (χ4v) is 4.70. The second-order valence-corrected chi connectivity index (χ2v) is 9.79. The fraction of sp³-hybridized carbons (Fsp3) is 0.381. The Hall–Kier alpha value is -3.29. The van der Waals surface area contributed by atoms with Gasteiger partial charge in [-0.2, -0.15) is 0 Å². The summed E-state index contributed by atoms with van der Waals surface area (Å²) >= 11 is 0. The van der Waals surface area contributed by atoms with Gasteiger partial charge in [-0.3, -0.25) is 23.7 Å². The number of halogens is 1. The zero-order valence-electron chi connectivity index (χ0n) is 19.2. The van der Waals surface area contributed by atoms with Crippen molar-refractivity contribution in [1.29, 1.82) is 0 Å². The number of aromatic nitrogens is 3. The molecule has 0 saturated carbocycles. The molecule has 0 bridgehead atoms. The van der Waals surface area contributed by atoms with E-state index in [4.69, 9.17) is 18.6 Å². The SMILES string of the molecule is CCC(=O)ONP(=O)(OC[C@H]1O[C@@H](n2ccc(=O)[nH]c2=O)[C@](C)(F)[C@@H]1O)Oc1ccc2[nH]ccc2c1. The van der Waals surface area contributed by atoms with Gasteiger partial charge in [0.05, 0.1) is 6.61 Å². The van der Waals surface area contributed by atoms with Gasteiger partial charge in [0.2, 0.25) is 0 Å². The number of hydrogen-bond donors (Lipinski definition) is 4. The highest BCUT2D eigenvalue weighted by molar-refractivity contribution is 7.51. The molecule has 0 amide bonds. The van der Waals surface area contributed by atoms with Gasteiger partial charge in [0.15, 0.2) is 11.9 Å². The molecule has 1 unspecified atom stereocenters. The van der Waals surface area contributed by atoms with E-state index in [1.54, 1.807) is 24.4 Å². The summed E-state index contributed by atoms with van der Waals surface area (Å²) in [6, 6.07) is 7.46. The van der Waals surface area contributed by atoms with Crippen LogP contribution in [0.1, 0.15) is 26.5 Å². The quantitative estimate of drug-likeness (QED) is 0.237. The van der Waals surface area contributed by atoms with Gasteiger partial charge in [0.25, 0.3) is 5.56 Å². The smallest absolute Gasteiger partial charge is 0.411 e. The number of benzene rings is 1. The summed E-state index contributed by atoms with van der Waals surface area (Å²) in [5, 5.41) is 13.2. The Morgan fingerprint density at radius 2 is 2.11 bits per heavy atom. The van der Waals surface area contributed by atoms with Crippen LogP contribution in [0.3, 0.4) is 0 Å². The van der Waals surface area contributed by atoms with Gasteiger partial charge in [0.1, 0.15) is 18.0 Å².